The molecule has 1 atom stereocenters. The molecule has 0 saturated heterocycles. The second-order valence-corrected chi connectivity index (χ2v) is 7.44. The number of ether oxygens (including phenoxy) is 1. The van der Waals surface area contributed by atoms with Crippen molar-refractivity contribution in [2.45, 2.75) is 25.9 Å². The van der Waals surface area contributed by atoms with Crippen LogP contribution in [-0.2, 0) is 17.8 Å². The lowest BCUT2D eigenvalue weighted by atomic mass is 10.1. The summed E-state index contributed by atoms with van der Waals surface area (Å²) in [4.78, 5) is 27.0. The maximum Gasteiger partial charge on any atom is 0.258 e. The summed E-state index contributed by atoms with van der Waals surface area (Å²) in [6, 6.07) is 24.7. The molecule has 30 heavy (non-hydrogen) atoms. The van der Waals surface area contributed by atoms with Crippen LogP contribution < -0.4 is 15.0 Å². The van der Waals surface area contributed by atoms with Crippen LogP contribution in [0.15, 0.2) is 78.9 Å². The smallest absolute Gasteiger partial charge is 0.258 e. The van der Waals surface area contributed by atoms with Crippen LogP contribution in [0.5, 0.6) is 5.75 Å². The molecule has 3 aromatic rings. The summed E-state index contributed by atoms with van der Waals surface area (Å²) >= 11 is 0. The fraction of sp³-hybridized carbons (Fsp3) is 0.200. The molecule has 1 aliphatic rings. The predicted octanol–water partition coefficient (Wildman–Crippen LogP) is 3.97. The Bertz CT molecular complexity index is 1030. The van der Waals surface area contributed by atoms with Gasteiger partial charge in [0.15, 0.2) is 6.61 Å². The number of benzene rings is 3. The third-order valence-electron chi connectivity index (χ3n) is 5.21. The fourth-order valence-corrected chi connectivity index (χ4v) is 3.71. The third kappa shape index (κ3) is 4.35. The average molecular weight is 400 g/mol. The van der Waals surface area contributed by atoms with Crippen molar-refractivity contribution in [1.29, 1.82) is 0 Å². The van der Waals surface area contributed by atoms with E-state index in [1.54, 1.807) is 0 Å². The molecule has 1 aliphatic heterocycles. The molecule has 0 radical (unpaired) electrons. The van der Waals surface area contributed by atoms with Gasteiger partial charge in [0, 0.05) is 23.8 Å². The maximum absolute atomic E-state index is 13.1. The summed E-state index contributed by atoms with van der Waals surface area (Å²) < 4.78 is 5.48. The summed E-state index contributed by atoms with van der Waals surface area (Å²) in [5, 5.41) is 2.88. The molecule has 5 nitrogen and oxygen atoms in total. The molecule has 0 spiro atoms. The summed E-state index contributed by atoms with van der Waals surface area (Å²) in [6.45, 7) is 2.40. The number of nitrogens with zero attached hydrogens (tertiary/aromatic N) is 1. The quantitative estimate of drug-likeness (QED) is 0.681. The van der Waals surface area contributed by atoms with Crippen LogP contribution in [0.4, 0.5) is 5.69 Å². The van der Waals surface area contributed by atoms with Crippen molar-refractivity contribution in [1.82, 2.24) is 5.32 Å². The molecule has 0 aromatic heterocycles. The largest absolute Gasteiger partial charge is 0.484 e. The lowest BCUT2D eigenvalue weighted by molar-refractivity contribution is -0.123. The highest BCUT2D eigenvalue weighted by Crippen LogP contribution is 2.34. The lowest BCUT2D eigenvalue weighted by Gasteiger charge is -2.23. The second-order valence-electron chi connectivity index (χ2n) is 7.44. The van der Waals surface area contributed by atoms with E-state index in [0.29, 0.717) is 17.9 Å². The maximum atomic E-state index is 13.1. The monoisotopic (exact) mass is 400 g/mol. The zero-order chi connectivity index (χ0) is 20.9. The van der Waals surface area contributed by atoms with E-state index in [9.17, 15) is 9.59 Å². The normalized spacial score (nSPS) is 14.8. The predicted molar refractivity (Wildman–Crippen MR) is 117 cm³/mol. The third-order valence-corrected chi connectivity index (χ3v) is 5.21. The molecule has 0 bridgehead atoms. The Morgan fingerprint density at radius 2 is 1.70 bits per heavy atom. The van der Waals surface area contributed by atoms with E-state index < -0.39 is 0 Å². The van der Waals surface area contributed by atoms with Crippen molar-refractivity contribution in [3.63, 3.8) is 0 Å². The Hall–Kier alpha value is -3.60. The van der Waals surface area contributed by atoms with Gasteiger partial charge < -0.3 is 15.0 Å². The van der Waals surface area contributed by atoms with Gasteiger partial charge >= 0.3 is 0 Å². The standard InChI is InChI=1S/C25H24N2O3/c1-18-14-21-13-12-19(16-26-24(28)17-30-22-10-6-3-7-11-22)15-23(21)27(18)25(29)20-8-4-2-5-9-20/h2-13,15,18H,14,16-17H2,1H3,(H,26,28)/t18-/m1/s1. The first kappa shape index (κ1) is 19.7. The van der Waals surface area contributed by atoms with Gasteiger partial charge in [0.2, 0.25) is 0 Å². The molecule has 3 aromatic carbocycles. The van der Waals surface area contributed by atoms with Gasteiger partial charge in [-0.1, -0.05) is 48.5 Å². The van der Waals surface area contributed by atoms with E-state index in [0.717, 1.165) is 23.2 Å². The Morgan fingerprint density at radius 3 is 2.43 bits per heavy atom. The number of carbonyl (C=O) groups excluding carboxylic acids is 2. The Balaban J connectivity index is 1.41. The number of rotatable bonds is 6. The molecule has 0 unspecified atom stereocenters. The number of carbonyl (C=O) groups is 2. The number of hydrogen-bond acceptors (Lipinski definition) is 3. The van der Waals surface area contributed by atoms with Gasteiger partial charge in [-0.15, -0.1) is 0 Å². The molecule has 5 heteroatoms. The summed E-state index contributed by atoms with van der Waals surface area (Å²) in [5.74, 6) is 0.471. The zero-order valence-electron chi connectivity index (χ0n) is 16.9. The number of para-hydroxylation sites is 1. The van der Waals surface area contributed by atoms with Crippen LogP contribution in [0.3, 0.4) is 0 Å². The number of fused-ring (bicyclic) bond motifs is 1. The van der Waals surface area contributed by atoms with E-state index in [1.807, 2.05) is 83.8 Å². The summed E-state index contributed by atoms with van der Waals surface area (Å²) in [7, 11) is 0. The number of hydrogen-bond donors (Lipinski definition) is 1. The first-order valence-electron chi connectivity index (χ1n) is 10.1. The Labute approximate surface area is 176 Å². The van der Waals surface area contributed by atoms with Gasteiger partial charge in [-0.2, -0.15) is 0 Å². The van der Waals surface area contributed by atoms with Crippen LogP contribution in [0, 0.1) is 0 Å². The van der Waals surface area contributed by atoms with E-state index >= 15 is 0 Å². The SMILES string of the molecule is C[C@@H]1Cc2ccc(CNC(=O)COc3ccccc3)cc2N1C(=O)c1ccccc1. The van der Waals surface area contributed by atoms with Gasteiger partial charge in [0.05, 0.1) is 0 Å². The van der Waals surface area contributed by atoms with Crippen molar-refractivity contribution in [3.05, 3.63) is 95.6 Å². The molecular formula is C25H24N2O3. The highest BCUT2D eigenvalue weighted by atomic mass is 16.5. The molecule has 2 amide bonds. The molecule has 0 aliphatic carbocycles. The number of nitrogens with one attached hydrogen (secondary N) is 1. The Kier molecular flexibility index (Phi) is 5.80. The first-order chi connectivity index (χ1) is 14.6. The van der Waals surface area contributed by atoms with Crippen LogP contribution in [0.2, 0.25) is 0 Å². The topological polar surface area (TPSA) is 58.6 Å². The van der Waals surface area contributed by atoms with Gasteiger partial charge in [0.1, 0.15) is 5.75 Å². The zero-order valence-corrected chi connectivity index (χ0v) is 16.9. The highest BCUT2D eigenvalue weighted by molar-refractivity contribution is 6.07. The fourth-order valence-electron chi connectivity index (χ4n) is 3.71. The van der Waals surface area contributed by atoms with E-state index in [2.05, 4.69) is 12.2 Å². The van der Waals surface area contributed by atoms with E-state index in [1.165, 1.54) is 0 Å². The Morgan fingerprint density at radius 1 is 1.00 bits per heavy atom. The van der Waals surface area contributed by atoms with Crippen molar-refractivity contribution in [2.24, 2.45) is 0 Å². The van der Waals surface area contributed by atoms with Gasteiger partial charge in [0.25, 0.3) is 11.8 Å². The minimum atomic E-state index is -0.190. The molecule has 0 saturated carbocycles. The molecule has 152 valence electrons. The molecule has 0 fully saturated rings. The van der Waals surface area contributed by atoms with Crippen molar-refractivity contribution in [3.8, 4) is 5.75 Å². The number of anilines is 1. The van der Waals surface area contributed by atoms with Crippen LogP contribution in [0.1, 0.15) is 28.4 Å². The lowest BCUT2D eigenvalue weighted by Crippen LogP contribution is -2.35. The van der Waals surface area contributed by atoms with Crippen LogP contribution in [-0.4, -0.2) is 24.5 Å². The molecule has 1 heterocycles. The molecule has 1 N–H and O–H groups in total. The van der Waals surface area contributed by atoms with Gasteiger partial charge in [-0.05, 0) is 54.8 Å². The van der Waals surface area contributed by atoms with Crippen molar-refractivity contribution in [2.75, 3.05) is 11.5 Å². The number of amides is 2. The first-order valence-corrected chi connectivity index (χ1v) is 10.1. The second kappa shape index (κ2) is 8.82. The van der Waals surface area contributed by atoms with Crippen LogP contribution >= 0.6 is 0 Å². The summed E-state index contributed by atoms with van der Waals surface area (Å²) in [5.41, 5.74) is 3.69. The van der Waals surface area contributed by atoms with Gasteiger partial charge in [-0.25, -0.2) is 0 Å². The molecular weight excluding hydrogens is 376 g/mol. The minimum absolute atomic E-state index is 0.000651. The van der Waals surface area contributed by atoms with Gasteiger partial charge in [-0.3, -0.25) is 9.59 Å². The summed E-state index contributed by atoms with van der Waals surface area (Å²) in [6.07, 6.45) is 0.825. The highest BCUT2D eigenvalue weighted by Gasteiger charge is 2.31. The minimum Gasteiger partial charge on any atom is -0.484 e. The van der Waals surface area contributed by atoms with E-state index in [4.69, 9.17) is 4.74 Å². The average Bonchev–Trinajstić information content (AvgIpc) is 3.12. The van der Waals surface area contributed by atoms with Crippen molar-refractivity contribution >= 4 is 17.5 Å². The molecule has 4 rings (SSSR count). The van der Waals surface area contributed by atoms with Crippen molar-refractivity contribution < 1.29 is 14.3 Å². The van der Waals surface area contributed by atoms with E-state index in [-0.39, 0.29) is 24.5 Å². The van der Waals surface area contributed by atoms with Crippen LogP contribution in [0.25, 0.3) is 0 Å².